The number of allylic oxidation sites excluding steroid dienone is 3. The van der Waals surface area contributed by atoms with Crippen molar-refractivity contribution in [2.24, 2.45) is 10.3 Å². The van der Waals surface area contributed by atoms with Crippen LogP contribution < -0.4 is 5.63 Å². The molecule has 10 heteroatoms. The van der Waals surface area contributed by atoms with E-state index in [-0.39, 0.29) is 22.1 Å². The molecular weight excluding hydrogens is 453 g/mol. The maximum atomic E-state index is 12.6. The lowest BCUT2D eigenvalue weighted by molar-refractivity contribution is 0.216. The average molecular weight is 476 g/mol. The summed E-state index contributed by atoms with van der Waals surface area (Å²) in [6.07, 6.45) is 7.58. The van der Waals surface area contributed by atoms with Gasteiger partial charge in [0.25, 0.3) is 0 Å². The Hall–Kier alpha value is -3.23. The molecule has 1 aromatic carbocycles. The van der Waals surface area contributed by atoms with Gasteiger partial charge in [0.2, 0.25) is 5.89 Å². The summed E-state index contributed by atoms with van der Waals surface area (Å²) in [4.78, 5) is 21.8. The molecule has 1 unspecified atom stereocenters. The second kappa shape index (κ2) is 11.4. The molecular formula is C22H23Cl2N5O3. The van der Waals surface area contributed by atoms with E-state index in [1.54, 1.807) is 25.1 Å². The second-order valence-electron chi connectivity index (χ2n) is 6.15. The highest BCUT2D eigenvalue weighted by Crippen LogP contribution is 2.28. The van der Waals surface area contributed by atoms with Crippen molar-refractivity contribution >= 4 is 51.9 Å². The first-order valence-corrected chi connectivity index (χ1v) is 10.4. The van der Waals surface area contributed by atoms with Crippen molar-refractivity contribution in [2.45, 2.75) is 26.8 Å². The third kappa shape index (κ3) is 5.52. The lowest BCUT2D eigenvalue weighted by atomic mass is 10.1. The van der Waals surface area contributed by atoms with Gasteiger partial charge in [-0.15, -0.1) is 0 Å². The third-order valence-corrected chi connectivity index (χ3v) is 4.63. The van der Waals surface area contributed by atoms with Crippen LogP contribution in [0, 0.1) is 12.3 Å². The fraction of sp³-hybridized carbons (Fsp3) is 0.227. The van der Waals surface area contributed by atoms with E-state index in [2.05, 4.69) is 26.7 Å². The minimum atomic E-state index is -0.795. The SMILES string of the molecule is C=C/C=C(/Cl)C(=N)N1N=C(/C=N/OC)C=CC1c1nc2c(C)cc(Cl)cc2c(=O)o1.CC. The second-order valence-corrected chi connectivity index (χ2v) is 6.99. The number of benzene rings is 1. The number of rotatable bonds is 5. The molecule has 0 aliphatic carbocycles. The predicted octanol–water partition coefficient (Wildman–Crippen LogP) is 5.36. The van der Waals surface area contributed by atoms with Crippen LogP contribution in [0.1, 0.15) is 31.3 Å². The van der Waals surface area contributed by atoms with Crippen molar-refractivity contribution in [3.63, 3.8) is 0 Å². The zero-order valence-corrected chi connectivity index (χ0v) is 19.6. The van der Waals surface area contributed by atoms with E-state index in [9.17, 15) is 4.79 Å². The highest BCUT2D eigenvalue weighted by molar-refractivity contribution is 6.43. The number of amidine groups is 1. The molecule has 1 N–H and O–H groups in total. The zero-order valence-electron chi connectivity index (χ0n) is 18.1. The molecule has 0 bridgehead atoms. The number of hydrazone groups is 1. The topological polar surface area (TPSA) is 104 Å². The van der Waals surface area contributed by atoms with Crippen LogP contribution in [0.4, 0.5) is 0 Å². The summed E-state index contributed by atoms with van der Waals surface area (Å²) < 4.78 is 5.45. The number of oxime groups is 1. The molecule has 1 atom stereocenters. The van der Waals surface area contributed by atoms with Gasteiger partial charge in [-0.05, 0) is 42.8 Å². The number of hydrogen-bond donors (Lipinski definition) is 1. The molecule has 1 aliphatic rings. The van der Waals surface area contributed by atoms with Crippen LogP contribution in [-0.2, 0) is 4.84 Å². The first kappa shape index (κ1) is 25.0. The van der Waals surface area contributed by atoms with Crippen LogP contribution in [0.25, 0.3) is 10.9 Å². The van der Waals surface area contributed by atoms with E-state index in [1.807, 2.05) is 13.8 Å². The number of nitrogens with zero attached hydrogens (tertiary/aromatic N) is 4. The molecule has 2 heterocycles. The monoisotopic (exact) mass is 475 g/mol. The summed E-state index contributed by atoms with van der Waals surface area (Å²) in [7, 11) is 1.40. The number of halogens is 2. The minimum absolute atomic E-state index is 0.0495. The number of fused-ring (bicyclic) bond motifs is 1. The summed E-state index contributed by atoms with van der Waals surface area (Å²) in [6, 6.07) is 2.42. The fourth-order valence-electron chi connectivity index (χ4n) is 2.78. The van der Waals surface area contributed by atoms with E-state index >= 15 is 0 Å². The lowest BCUT2D eigenvalue weighted by Crippen LogP contribution is -2.33. The van der Waals surface area contributed by atoms with Crippen molar-refractivity contribution in [2.75, 3.05) is 7.11 Å². The zero-order chi connectivity index (χ0) is 23.8. The molecule has 0 spiro atoms. The van der Waals surface area contributed by atoms with Crippen molar-refractivity contribution in [1.29, 1.82) is 5.41 Å². The van der Waals surface area contributed by atoms with E-state index in [4.69, 9.17) is 33.0 Å². The molecule has 0 saturated carbocycles. The fourth-order valence-corrected chi connectivity index (χ4v) is 3.23. The van der Waals surface area contributed by atoms with Gasteiger partial charge < -0.3 is 9.25 Å². The van der Waals surface area contributed by atoms with Crippen molar-refractivity contribution < 1.29 is 9.25 Å². The molecule has 0 amide bonds. The predicted molar refractivity (Wildman–Crippen MR) is 130 cm³/mol. The molecule has 0 fully saturated rings. The molecule has 168 valence electrons. The standard InChI is InChI=1S/C20H17Cl2N5O3.C2H6/c1-4-5-15(22)18(23)27-16(7-6-13(26-27)10-24-29-3)19-25-17-11(2)8-12(21)9-14(17)20(28)30-19;1-2/h4-10,16,23H,1H2,2-3H3;1-2H3/b15-5+,23-18?,24-10+;. The summed E-state index contributed by atoms with van der Waals surface area (Å²) in [5, 5.41) is 18.5. The Kier molecular flexibility index (Phi) is 8.92. The molecule has 1 aliphatic heterocycles. The van der Waals surface area contributed by atoms with E-state index < -0.39 is 11.7 Å². The molecule has 2 aromatic rings. The van der Waals surface area contributed by atoms with E-state index in [1.165, 1.54) is 36.6 Å². The van der Waals surface area contributed by atoms with Gasteiger partial charge >= 0.3 is 5.63 Å². The lowest BCUT2D eigenvalue weighted by Gasteiger charge is -2.28. The molecule has 0 saturated heterocycles. The summed E-state index contributed by atoms with van der Waals surface area (Å²) >= 11 is 12.2. The highest BCUT2D eigenvalue weighted by atomic mass is 35.5. The minimum Gasteiger partial charge on any atom is -0.405 e. The van der Waals surface area contributed by atoms with Gasteiger partial charge in [0.05, 0.1) is 22.1 Å². The Labute approximate surface area is 195 Å². The van der Waals surface area contributed by atoms with Gasteiger partial charge in [0.1, 0.15) is 18.9 Å². The summed E-state index contributed by atoms with van der Waals surface area (Å²) in [5.41, 5.74) is 0.971. The van der Waals surface area contributed by atoms with Crippen LogP contribution in [0.15, 0.2) is 67.5 Å². The first-order chi connectivity index (χ1) is 15.3. The van der Waals surface area contributed by atoms with Gasteiger partial charge in [-0.3, -0.25) is 5.41 Å². The van der Waals surface area contributed by atoms with Crippen molar-refractivity contribution in [3.8, 4) is 0 Å². The van der Waals surface area contributed by atoms with Gasteiger partial charge in [0, 0.05) is 5.02 Å². The van der Waals surface area contributed by atoms with Gasteiger partial charge in [0.15, 0.2) is 5.84 Å². The number of hydrogen-bond acceptors (Lipinski definition) is 7. The molecule has 32 heavy (non-hydrogen) atoms. The highest BCUT2D eigenvalue weighted by Gasteiger charge is 2.29. The maximum absolute atomic E-state index is 12.6. The van der Waals surface area contributed by atoms with Crippen molar-refractivity contribution in [1.82, 2.24) is 9.99 Å². The average Bonchev–Trinajstić information content (AvgIpc) is 2.79. The van der Waals surface area contributed by atoms with Crippen LogP contribution in [0.3, 0.4) is 0 Å². The Morgan fingerprint density at radius 1 is 1.41 bits per heavy atom. The van der Waals surface area contributed by atoms with Crippen LogP contribution in [0.5, 0.6) is 0 Å². The smallest absolute Gasteiger partial charge is 0.346 e. The quantitative estimate of drug-likeness (QED) is 0.271. The Morgan fingerprint density at radius 3 is 2.78 bits per heavy atom. The number of aromatic nitrogens is 1. The van der Waals surface area contributed by atoms with Gasteiger partial charge in [-0.25, -0.2) is 14.8 Å². The maximum Gasteiger partial charge on any atom is 0.346 e. The third-order valence-electron chi connectivity index (χ3n) is 4.10. The first-order valence-electron chi connectivity index (χ1n) is 9.66. The van der Waals surface area contributed by atoms with E-state index in [0.717, 1.165) is 0 Å². The van der Waals surface area contributed by atoms with Crippen LogP contribution >= 0.6 is 23.2 Å². The van der Waals surface area contributed by atoms with Gasteiger partial charge in [-0.1, -0.05) is 54.9 Å². The largest absolute Gasteiger partial charge is 0.405 e. The number of aryl methyl sites for hydroxylation is 1. The Bertz CT molecular complexity index is 1200. The van der Waals surface area contributed by atoms with Crippen LogP contribution in [-0.4, -0.2) is 34.9 Å². The molecule has 3 rings (SSSR count). The Morgan fingerprint density at radius 2 is 2.12 bits per heavy atom. The normalized spacial score (nSPS) is 15.9. The Balaban J connectivity index is 0.00000176. The molecule has 0 radical (unpaired) electrons. The summed E-state index contributed by atoms with van der Waals surface area (Å²) in [5.74, 6) is -0.0971. The molecule has 1 aromatic heterocycles. The van der Waals surface area contributed by atoms with Crippen LogP contribution in [0.2, 0.25) is 5.02 Å². The van der Waals surface area contributed by atoms with Crippen molar-refractivity contribution in [3.05, 3.63) is 74.9 Å². The molecule has 8 nitrogen and oxygen atoms in total. The number of nitrogens with one attached hydrogen (secondary N) is 1. The van der Waals surface area contributed by atoms with Gasteiger partial charge in [-0.2, -0.15) is 5.10 Å². The van der Waals surface area contributed by atoms with E-state index in [0.29, 0.717) is 21.8 Å². The summed E-state index contributed by atoms with van der Waals surface area (Å²) in [6.45, 7) is 9.37.